The van der Waals surface area contributed by atoms with Gasteiger partial charge in [-0.25, -0.2) is 4.39 Å². The molecule has 1 heterocycles. The maximum absolute atomic E-state index is 14.2. The molecule has 0 spiro atoms. The van der Waals surface area contributed by atoms with Crippen molar-refractivity contribution in [1.82, 2.24) is 10.3 Å². The molecule has 2 rings (SSSR count). The van der Waals surface area contributed by atoms with Crippen molar-refractivity contribution in [2.24, 2.45) is 0 Å². The maximum Gasteiger partial charge on any atom is 0.129 e. The fraction of sp³-hybridized carbons (Fsp3) is 0.353. The zero-order valence-corrected chi connectivity index (χ0v) is 13.1. The van der Waals surface area contributed by atoms with Gasteiger partial charge in [-0.2, -0.15) is 0 Å². The normalized spacial score (nSPS) is 12.4. The molecule has 0 aliphatic rings. The topological polar surface area (TPSA) is 24.9 Å². The third kappa shape index (κ3) is 4.02. The second-order valence-corrected chi connectivity index (χ2v) is 5.52. The molecule has 0 aliphatic heterocycles. The molecule has 0 saturated carbocycles. The van der Waals surface area contributed by atoms with Gasteiger partial charge >= 0.3 is 0 Å². The first kappa shape index (κ1) is 15.9. The molecule has 21 heavy (non-hydrogen) atoms. The molecule has 2 aromatic rings. The van der Waals surface area contributed by atoms with Crippen LogP contribution in [0.4, 0.5) is 4.39 Å². The number of nitrogens with one attached hydrogen (secondary N) is 1. The number of pyridine rings is 1. The van der Waals surface area contributed by atoms with Crippen LogP contribution in [0.15, 0.2) is 36.5 Å². The molecule has 0 bridgehead atoms. The van der Waals surface area contributed by atoms with Gasteiger partial charge in [-0.3, -0.25) is 4.98 Å². The minimum atomic E-state index is -0.273. The summed E-state index contributed by atoms with van der Waals surface area (Å²) in [4.78, 5) is 4.41. The number of rotatable bonds is 6. The Balaban J connectivity index is 2.32. The Hall–Kier alpha value is -1.45. The number of hydrogen-bond donors (Lipinski definition) is 1. The van der Waals surface area contributed by atoms with E-state index in [2.05, 4.69) is 17.2 Å². The highest BCUT2D eigenvalue weighted by molar-refractivity contribution is 6.31. The van der Waals surface area contributed by atoms with Crippen molar-refractivity contribution in [3.8, 4) is 0 Å². The smallest absolute Gasteiger partial charge is 0.129 e. The molecule has 112 valence electrons. The van der Waals surface area contributed by atoms with E-state index < -0.39 is 0 Å². The molecule has 0 saturated heterocycles. The van der Waals surface area contributed by atoms with Gasteiger partial charge in [0.25, 0.3) is 0 Å². The number of halogens is 2. The first-order chi connectivity index (χ1) is 10.1. The molecule has 1 aromatic carbocycles. The third-order valence-corrected chi connectivity index (χ3v) is 3.83. The van der Waals surface area contributed by atoms with E-state index in [-0.39, 0.29) is 11.9 Å². The Morgan fingerprint density at radius 3 is 2.76 bits per heavy atom. The lowest BCUT2D eigenvalue weighted by atomic mass is 9.99. The average molecular weight is 307 g/mol. The zero-order valence-electron chi connectivity index (χ0n) is 12.4. The number of aromatic nitrogens is 1. The van der Waals surface area contributed by atoms with Crippen molar-refractivity contribution < 1.29 is 4.39 Å². The Bertz CT molecular complexity index is 581. The minimum absolute atomic E-state index is 0.174. The Morgan fingerprint density at radius 1 is 1.29 bits per heavy atom. The van der Waals surface area contributed by atoms with Gasteiger partial charge in [0.05, 0.1) is 0 Å². The molecular weight excluding hydrogens is 287 g/mol. The average Bonchev–Trinajstić information content (AvgIpc) is 2.46. The van der Waals surface area contributed by atoms with Gasteiger partial charge in [-0.15, -0.1) is 0 Å². The summed E-state index contributed by atoms with van der Waals surface area (Å²) < 4.78 is 14.2. The summed E-state index contributed by atoms with van der Waals surface area (Å²) in [5, 5.41) is 3.83. The van der Waals surface area contributed by atoms with Crippen LogP contribution in [-0.4, -0.2) is 11.5 Å². The molecule has 1 unspecified atom stereocenters. The summed E-state index contributed by atoms with van der Waals surface area (Å²) >= 11 is 6.21. The highest BCUT2D eigenvalue weighted by Crippen LogP contribution is 2.28. The maximum atomic E-state index is 14.2. The predicted octanol–water partition coefficient (Wildman–Crippen LogP) is 4.47. The van der Waals surface area contributed by atoms with Crippen LogP contribution in [0.5, 0.6) is 0 Å². The Morgan fingerprint density at radius 2 is 2.10 bits per heavy atom. The van der Waals surface area contributed by atoms with Crippen LogP contribution in [0.3, 0.4) is 0 Å². The van der Waals surface area contributed by atoms with Crippen molar-refractivity contribution >= 4 is 11.6 Å². The summed E-state index contributed by atoms with van der Waals surface area (Å²) in [5.74, 6) is -0.273. The molecule has 0 amide bonds. The SMILES string of the molecule is CCCNC(Cc1ncccc1C)c1c(F)cccc1Cl. The summed E-state index contributed by atoms with van der Waals surface area (Å²) in [6, 6.07) is 8.56. The van der Waals surface area contributed by atoms with Gasteiger partial charge in [0, 0.05) is 34.9 Å². The van der Waals surface area contributed by atoms with E-state index in [1.54, 1.807) is 18.3 Å². The minimum Gasteiger partial charge on any atom is -0.309 e. The number of nitrogens with zero attached hydrogens (tertiary/aromatic N) is 1. The van der Waals surface area contributed by atoms with E-state index in [0.717, 1.165) is 24.2 Å². The van der Waals surface area contributed by atoms with Gasteiger partial charge in [0.15, 0.2) is 0 Å². The van der Waals surface area contributed by atoms with Crippen molar-refractivity contribution in [3.63, 3.8) is 0 Å². The van der Waals surface area contributed by atoms with Crippen LogP contribution >= 0.6 is 11.6 Å². The second-order valence-electron chi connectivity index (χ2n) is 5.11. The van der Waals surface area contributed by atoms with Crippen molar-refractivity contribution in [1.29, 1.82) is 0 Å². The summed E-state index contributed by atoms with van der Waals surface area (Å²) in [6.07, 6.45) is 3.36. The van der Waals surface area contributed by atoms with Gasteiger partial charge in [-0.1, -0.05) is 30.7 Å². The molecule has 4 heteroatoms. The summed E-state index contributed by atoms with van der Waals surface area (Å²) in [6.45, 7) is 4.91. The van der Waals surface area contributed by atoms with Crippen LogP contribution in [-0.2, 0) is 6.42 Å². The first-order valence-electron chi connectivity index (χ1n) is 7.21. The molecule has 0 aliphatic carbocycles. The van der Waals surface area contributed by atoms with Crippen molar-refractivity contribution in [2.45, 2.75) is 32.7 Å². The quantitative estimate of drug-likeness (QED) is 0.852. The van der Waals surface area contributed by atoms with Gasteiger partial charge in [0.1, 0.15) is 5.82 Å². The van der Waals surface area contributed by atoms with Crippen LogP contribution in [0.25, 0.3) is 0 Å². The van der Waals surface area contributed by atoms with E-state index in [1.165, 1.54) is 6.07 Å². The monoisotopic (exact) mass is 306 g/mol. The molecule has 1 N–H and O–H groups in total. The molecule has 2 nitrogen and oxygen atoms in total. The second kappa shape index (κ2) is 7.53. The van der Waals surface area contributed by atoms with E-state index in [9.17, 15) is 4.39 Å². The van der Waals surface area contributed by atoms with Gasteiger partial charge in [-0.05, 0) is 43.7 Å². The van der Waals surface area contributed by atoms with Gasteiger partial charge < -0.3 is 5.32 Å². The lowest BCUT2D eigenvalue weighted by molar-refractivity contribution is 0.493. The number of hydrogen-bond acceptors (Lipinski definition) is 2. The fourth-order valence-electron chi connectivity index (χ4n) is 2.36. The molecule has 0 fully saturated rings. The van der Waals surface area contributed by atoms with Crippen LogP contribution in [0.2, 0.25) is 5.02 Å². The highest BCUT2D eigenvalue weighted by atomic mass is 35.5. The lowest BCUT2D eigenvalue weighted by Crippen LogP contribution is -2.26. The lowest BCUT2D eigenvalue weighted by Gasteiger charge is -2.21. The fourth-order valence-corrected chi connectivity index (χ4v) is 2.66. The first-order valence-corrected chi connectivity index (χ1v) is 7.59. The zero-order chi connectivity index (χ0) is 15.2. The Labute approximate surface area is 130 Å². The molecule has 1 aromatic heterocycles. The molecule has 0 radical (unpaired) electrons. The van der Waals surface area contributed by atoms with Crippen LogP contribution in [0.1, 0.15) is 36.2 Å². The van der Waals surface area contributed by atoms with E-state index in [4.69, 9.17) is 11.6 Å². The van der Waals surface area contributed by atoms with E-state index >= 15 is 0 Å². The van der Waals surface area contributed by atoms with Crippen molar-refractivity contribution in [2.75, 3.05) is 6.54 Å². The van der Waals surface area contributed by atoms with Gasteiger partial charge in [0.2, 0.25) is 0 Å². The number of aryl methyl sites for hydroxylation is 1. The largest absolute Gasteiger partial charge is 0.309 e. The predicted molar refractivity (Wildman–Crippen MR) is 85.1 cm³/mol. The summed E-state index contributed by atoms with van der Waals surface area (Å²) in [5.41, 5.74) is 2.59. The van der Waals surface area contributed by atoms with E-state index in [1.807, 2.05) is 19.1 Å². The van der Waals surface area contributed by atoms with Crippen molar-refractivity contribution in [3.05, 3.63) is 64.2 Å². The molecular formula is C17H20ClFN2. The van der Waals surface area contributed by atoms with Crippen LogP contribution in [0, 0.1) is 12.7 Å². The molecule has 1 atom stereocenters. The number of benzene rings is 1. The van der Waals surface area contributed by atoms with Crippen LogP contribution < -0.4 is 5.32 Å². The standard InChI is InChI=1S/C17H20ClFN2/c1-3-9-20-16(11-15-12(2)6-5-10-21-15)17-13(18)7-4-8-14(17)19/h4-8,10,16,20H,3,9,11H2,1-2H3. The Kier molecular flexibility index (Phi) is 5.71. The highest BCUT2D eigenvalue weighted by Gasteiger charge is 2.20. The summed E-state index contributed by atoms with van der Waals surface area (Å²) in [7, 11) is 0. The van der Waals surface area contributed by atoms with E-state index in [0.29, 0.717) is 17.0 Å². The third-order valence-electron chi connectivity index (χ3n) is 3.50.